The van der Waals surface area contributed by atoms with Gasteiger partial charge in [0, 0.05) is 43.4 Å². The van der Waals surface area contributed by atoms with Crippen LogP contribution in [0.4, 0.5) is 5.69 Å². The van der Waals surface area contributed by atoms with Gasteiger partial charge in [0.1, 0.15) is 0 Å². The second-order valence-electron chi connectivity index (χ2n) is 5.47. The minimum atomic E-state index is -0.0519. The molecule has 1 atom stereocenters. The van der Waals surface area contributed by atoms with Crippen LogP contribution < -0.4 is 10.2 Å². The summed E-state index contributed by atoms with van der Waals surface area (Å²) in [6.45, 7) is 8.50. The molecule has 1 aromatic carbocycles. The lowest BCUT2D eigenvalue weighted by molar-refractivity contribution is -0.126. The molecule has 1 fully saturated rings. The number of carbonyl (C=O) groups is 1. The summed E-state index contributed by atoms with van der Waals surface area (Å²) in [5.41, 5.74) is 1.20. The molecule has 1 amide bonds. The summed E-state index contributed by atoms with van der Waals surface area (Å²) in [7, 11) is 0. The third-order valence-corrected chi connectivity index (χ3v) is 4.23. The quantitative estimate of drug-likeness (QED) is 0.907. The third-order valence-electron chi connectivity index (χ3n) is 3.98. The molecule has 1 heterocycles. The molecule has 21 heavy (non-hydrogen) atoms. The average molecular weight is 310 g/mol. The molecule has 116 valence electrons. The molecule has 1 N–H and O–H groups in total. The average Bonchev–Trinajstić information content (AvgIpc) is 2.53. The Labute approximate surface area is 132 Å². The first kappa shape index (κ1) is 16.1. The SMILES string of the molecule is CCCNC(=O)[C@@H](C)N1CCN(c2ccc(Cl)cc2)CC1. The highest BCUT2D eigenvalue weighted by molar-refractivity contribution is 6.30. The van der Waals surface area contributed by atoms with Crippen LogP contribution >= 0.6 is 11.6 Å². The Hall–Kier alpha value is -1.26. The van der Waals surface area contributed by atoms with E-state index in [-0.39, 0.29) is 11.9 Å². The number of amides is 1. The first-order chi connectivity index (χ1) is 10.1. The van der Waals surface area contributed by atoms with Crippen molar-refractivity contribution < 1.29 is 4.79 Å². The van der Waals surface area contributed by atoms with Crippen molar-refractivity contribution in [2.75, 3.05) is 37.6 Å². The van der Waals surface area contributed by atoms with Gasteiger partial charge in [0.05, 0.1) is 6.04 Å². The van der Waals surface area contributed by atoms with Crippen molar-refractivity contribution in [3.05, 3.63) is 29.3 Å². The van der Waals surface area contributed by atoms with E-state index in [9.17, 15) is 4.79 Å². The Morgan fingerprint density at radius 2 is 1.86 bits per heavy atom. The summed E-state index contributed by atoms with van der Waals surface area (Å²) >= 11 is 5.92. The molecule has 2 rings (SSSR count). The molecule has 0 bridgehead atoms. The topological polar surface area (TPSA) is 35.6 Å². The number of hydrogen-bond acceptors (Lipinski definition) is 3. The predicted octanol–water partition coefficient (Wildman–Crippen LogP) is 2.38. The summed E-state index contributed by atoms with van der Waals surface area (Å²) < 4.78 is 0. The van der Waals surface area contributed by atoms with Crippen LogP contribution in [-0.4, -0.2) is 49.6 Å². The van der Waals surface area contributed by atoms with Gasteiger partial charge in [-0.2, -0.15) is 0 Å². The normalized spacial score (nSPS) is 17.6. The first-order valence-electron chi connectivity index (χ1n) is 7.64. The van der Waals surface area contributed by atoms with Crippen LogP contribution in [0.5, 0.6) is 0 Å². The second kappa shape index (κ2) is 7.66. The van der Waals surface area contributed by atoms with Gasteiger partial charge in [-0.3, -0.25) is 9.69 Å². The fourth-order valence-electron chi connectivity index (χ4n) is 2.58. The van der Waals surface area contributed by atoms with Crippen molar-refractivity contribution in [2.24, 2.45) is 0 Å². The Kier molecular flexibility index (Phi) is 5.88. The highest BCUT2D eigenvalue weighted by atomic mass is 35.5. The molecule has 0 unspecified atom stereocenters. The molecular weight excluding hydrogens is 286 g/mol. The summed E-state index contributed by atoms with van der Waals surface area (Å²) in [5.74, 6) is 0.136. The Morgan fingerprint density at radius 3 is 2.43 bits per heavy atom. The van der Waals surface area contributed by atoms with Crippen LogP contribution in [0.3, 0.4) is 0 Å². The van der Waals surface area contributed by atoms with E-state index in [2.05, 4.69) is 34.2 Å². The van der Waals surface area contributed by atoms with Gasteiger partial charge >= 0.3 is 0 Å². The number of halogens is 1. The first-order valence-corrected chi connectivity index (χ1v) is 8.02. The molecule has 4 nitrogen and oxygen atoms in total. The van der Waals surface area contributed by atoms with Crippen molar-refractivity contribution in [1.29, 1.82) is 0 Å². The zero-order valence-electron chi connectivity index (χ0n) is 12.8. The molecule has 1 aliphatic rings. The fourth-order valence-corrected chi connectivity index (χ4v) is 2.71. The lowest BCUT2D eigenvalue weighted by atomic mass is 10.2. The van der Waals surface area contributed by atoms with Crippen molar-refractivity contribution >= 4 is 23.2 Å². The van der Waals surface area contributed by atoms with Crippen molar-refractivity contribution in [2.45, 2.75) is 26.3 Å². The van der Waals surface area contributed by atoms with Gasteiger partial charge < -0.3 is 10.2 Å². The van der Waals surface area contributed by atoms with Gasteiger partial charge in [-0.25, -0.2) is 0 Å². The number of rotatable bonds is 5. The maximum Gasteiger partial charge on any atom is 0.237 e. The van der Waals surface area contributed by atoms with Crippen LogP contribution in [0.15, 0.2) is 24.3 Å². The number of hydrogen-bond donors (Lipinski definition) is 1. The Balaban J connectivity index is 1.85. The molecular formula is C16H24ClN3O. The van der Waals surface area contributed by atoms with Crippen molar-refractivity contribution in [3.8, 4) is 0 Å². The fraction of sp³-hybridized carbons (Fsp3) is 0.562. The molecule has 0 saturated carbocycles. The van der Waals surface area contributed by atoms with E-state index in [1.54, 1.807) is 0 Å². The molecule has 1 aromatic rings. The lowest BCUT2D eigenvalue weighted by Gasteiger charge is -2.38. The Bertz CT molecular complexity index is 455. The molecule has 0 aliphatic carbocycles. The summed E-state index contributed by atoms with van der Waals surface area (Å²) in [6.07, 6.45) is 0.975. The molecule has 0 aromatic heterocycles. The standard InChI is InChI=1S/C16H24ClN3O/c1-3-8-18-16(21)13(2)19-9-11-20(12-10-19)15-6-4-14(17)5-7-15/h4-7,13H,3,8-12H2,1-2H3,(H,18,21)/t13-/m1/s1. The van der Waals surface area contributed by atoms with Crippen molar-refractivity contribution in [1.82, 2.24) is 10.2 Å². The van der Waals surface area contributed by atoms with Crippen LogP contribution in [0.2, 0.25) is 5.02 Å². The Morgan fingerprint density at radius 1 is 1.24 bits per heavy atom. The maximum atomic E-state index is 12.0. The summed E-state index contributed by atoms with van der Waals surface area (Å²) in [6, 6.07) is 7.89. The van der Waals surface area contributed by atoms with E-state index in [0.717, 1.165) is 44.2 Å². The smallest absolute Gasteiger partial charge is 0.237 e. The zero-order chi connectivity index (χ0) is 15.2. The number of piperazine rings is 1. The minimum Gasteiger partial charge on any atom is -0.369 e. The van der Waals surface area contributed by atoms with Crippen LogP contribution in [-0.2, 0) is 4.79 Å². The number of nitrogens with zero attached hydrogens (tertiary/aromatic N) is 2. The molecule has 1 saturated heterocycles. The lowest BCUT2D eigenvalue weighted by Crippen LogP contribution is -2.54. The molecule has 1 aliphatic heterocycles. The highest BCUT2D eigenvalue weighted by Gasteiger charge is 2.25. The highest BCUT2D eigenvalue weighted by Crippen LogP contribution is 2.20. The third kappa shape index (κ3) is 4.35. The van der Waals surface area contributed by atoms with E-state index in [0.29, 0.717) is 0 Å². The van der Waals surface area contributed by atoms with E-state index >= 15 is 0 Å². The number of nitrogens with one attached hydrogen (secondary N) is 1. The monoisotopic (exact) mass is 309 g/mol. The van der Waals surface area contributed by atoms with Crippen LogP contribution in [0.1, 0.15) is 20.3 Å². The van der Waals surface area contributed by atoms with E-state index in [1.165, 1.54) is 5.69 Å². The zero-order valence-corrected chi connectivity index (χ0v) is 13.6. The molecule has 5 heteroatoms. The van der Waals surface area contributed by atoms with Gasteiger partial charge in [0.25, 0.3) is 0 Å². The molecule has 0 spiro atoms. The van der Waals surface area contributed by atoms with E-state index in [4.69, 9.17) is 11.6 Å². The van der Waals surface area contributed by atoms with E-state index in [1.807, 2.05) is 19.1 Å². The largest absolute Gasteiger partial charge is 0.369 e. The number of carbonyl (C=O) groups excluding carboxylic acids is 1. The second-order valence-corrected chi connectivity index (χ2v) is 5.90. The van der Waals surface area contributed by atoms with Gasteiger partial charge in [-0.05, 0) is 37.6 Å². The summed E-state index contributed by atoms with van der Waals surface area (Å²) in [4.78, 5) is 16.6. The minimum absolute atomic E-state index is 0.0519. The maximum absolute atomic E-state index is 12.0. The predicted molar refractivity (Wildman–Crippen MR) is 88.0 cm³/mol. The number of benzene rings is 1. The van der Waals surface area contributed by atoms with Gasteiger partial charge in [-0.15, -0.1) is 0 Å². The van der Waals surface area contributed by atoms with Gasteiger partial charge in [0.2, 0.25) is 5.91 Å². The van der Waals surface area contributed by atoms with Crippen molar-refractivity contribution in [3.63, 3.8) is 0 Å². The van der Waals surface area contributed by atoms with Crippen LogP contribution in [0, 0.1) is 0 Å². The summed E-state index contributed by atoms with van der Waals surface area (Å²) in [5, 5.41) is 3.73. The van der Waals surface area contributed by atoms with Crippen LogP contribution in [0.25, 0.3) is 0 Å². The number of anilines is 1. The van der Waals surface area contributed by atoms with Gasteiger partial charge in [0.15, 0.2) is 0 Å². The molecule has 0 radical (unpaired) electrons. The van der Waals surface area contributed by atoms with E-state index < -0.39 is 0 Å². The van der Waals surface area contributed by atoms with Gasteiger partial charge in [-0.1, -0.05) is 18.5 Å².